The summed E-state index contributed by atoms with van der Waals surface area (Å²) in [6, 6.07) is 15.7. The second-order valence-corrected chi connectivity index (χ2v) is 4.76. The highest BCUT2D eigenvalue weighted by Crippen LogP contribution is 2.25. The van der Waals surface area contributed by atoms with Crippen LogP contribution in [0, 0.1) is 0 Å². The molecule has 20 heavy (non-hydrogen) atoms. The molecule has 0 atom stereocenters. The van der Waals surface area contributed by atoms with Gasteiger partial charge in [-0.05, 0) is 55.0 Å². The Kier molecular flexibility index (Phi) is 3.63. The fourth-order valence-electron chi connectivity index (χ4n) is 2.07. The van der Waals surface area contributed by atoms with Crippen molar-refractivity contribution in [1.82, 2.24) is 0 Å². The predicted molar refractivity (Wildman–Crippen MR) is 80.4 cm³/mol. The van der Waals surface area contributed by atoms with Gasteiger partial charge in [-0.3, -0.25) is 0 Å². The predicted octanol–water partition coefficient (Wildman–Crippen LogP) is 4.32. The van der Waals surface area contributed by atoms with Gasteiger partial charge in [0.2, 0.25) is 0 Å². The van der Waals surface area contributed by atoms with Crippen LogP contribution in [0.3, 0.4) is 0 Å². The molecule has 0 unspecified atom stereocenters. The third kappa shape index (κ3) is 2.79. The highest BCUT2D eigenvalue weighted by atomic mass is 16.5. The number of hydrogen-bond donors (Lipinski definition) is 0. The highest BCUT2D eigenvalue weighted by molar-refractivity contribution is 5.54. The average molecular weight is 267 g/mol. The number of benzene rings is 2. The first-order chi connectivity index (χ1) is 9.85. The number of hydrogen-bond acceptors (Lipinski definition) is 4. The normalized spacial score (nSPS) is 14.3. The number of nitrogens with zero attached hydrogens (tertiary/aromatic N) is 3. The van der Waals surface area contributed by atoms with Crippen LogP contribution in [0.25, 0.3) is 0 Å². The summed E-state index contributed by atoms with van der Waals surface area (Å²) in [6.45, 7) is 2.32. The first-order valence-electron chi connectivity index (χ1n) is 6.76. The molecular weight excluding hydrogens is 250 g/mol. The van der Waals surface area contributed by atoms with Crippen LogP contribution < -0.4 is 9.64 Å². The third-order valence-corrected chi connectivity index (χ3v) is 3.42. The first kappa shape index (κ1) is 12.7. The molecule has 0 saturated carbocycles. The molecule has 1 aliphatic rings. The van der Waals surface area contributed by atoms with Gasteiger partial charge in [-0.1, -0.05) is 0 Å². The number of methoxy groups -OCH3 is 1. The van der Waals surface area contributed by atoms with Crippen molar-refractivity contribution in [2.75, 3.05) is 25.1 Å². The van der Waals surface area contributed by atoms with Crippen LogP contribution >= 0.6 is 0 Å². The molecule has 0 bridgehead atoms. The van der Waals surface area contributed by atoms with E-state index in [9.17, 15) is 0 Å². The van der Waals surface area contributed by atoms with Gasteiger partial charge < -0.3 is 9.64 Å². The molecule has 0 amide bonds. The maximum absolute atomic E-state index is 5.11. The Hall–Kier alpha value is -2.36. The van der Waals surface area contributed by atoms with Gasteiger partial charge in [0.1, 0.15) is 5.75 Å². The van der Waals surface area contributed by atoms with Gasteiger partial charge in [0.25, 0.3) is 0 Å². The fourth-order valence-corrected chi connectivity index (χ4v) is 2.07. The molecule has 0 N–H and O–H groups in total. The number of rotatable bonds is 4. The van der Waals surface area contributed by atoms with Gasteiger partial charge >= 0.3 is 0 Å². The lowest BCUT2D eigenvalue weighted by Gasteiger charge is -2.33. The summed E-state index contributed by atoms with van der Waals surface area (Å²) in [7, 11) is 1.65. The molecule has 4 nitrogen and oxygen atoms in total. The van der Waals surface area contributed by atoms with E-state index in [1.54, 1.807) is 7.11 Å². The number of azo groups is 1. The Morgan fingerprint density at radius 3 is 1.85 bits per heavy atom. The topological polar surface area (TPSA) is 37.2 Å². The summed E-state index contributed by atoms with van der Waals surface area (Å²) in [5, 5.41) is 8.46. The summed E-state index contributed by atoms with van der Waals surface area (Å²) in [4.78, 5) is 2.35. The minimum atomic E-state index is 0.817. The summed E-state index contributed by atoms with van der Waals surface area (Å²) >= 11 is 0. The molecule has 4 heteroatoms. The highest BCUT2D eigenvalue weighted by Gasteiger charge is 2.13. The van der Waals surface area contributed by atoms with E-state index >= 15 is 0 Å². The van der Waals surface area contributed by atoms with Gasteiger partial charge in [0.05, 0.1) is 18.5 Å². The smallest absolute Gasteiger partial charge is 0.119 e. The average Bonchev–Trinajstić information content (AvgIpc) is 2.45. The molecule has 1 saturated heterocycles. The molecule has 1 fully saturated rings. The van der Waals surface area contributed by atoms with E-state index in [2.05, 4.69) is 27.3 Å². The second-order valence-electron chi connectivity index (χ2n) is 4.76. The van der Waals surface area contributed by atoms with Crippen LogP contribution in [0.15, 0.2) is 58.8 Å². The lowest BCUT2D eigenvalue weighted by Crippen LogP contribution is -2.36. The zero-order chi connectivity index (χ0) is 13.8. The summed E-state index contributed by atoms with van der Waals surface area (Å²) in [5.41, 5.74) is 2.95. The summed E-state index contributed by atoms with van der Waals surface area (Å²) < 4.78 is 5.11. The molecule has 0 aromatic heterocycles. The zero-order valence-electron chi connectivity index (χ0n) is 11.5. The molecule has 2 aromatic rings. The quantitative estimate of drug-likeness (QED) is 0.773. The zero-order valence-corrected chi connectivity index (χ0v) is 11.5. The van der Waals surface area contributed by atoms with Crippen LogP contribution in [0.2, 0.25) is 0 Å². The second kappa shape index (κ2) is 5.74. The van der Waals surface area contributed by atoms with E-state index in [0.717, 1.165) is 30.2 Å². The summed E-state index contributed by atoms with van der Waals surface area (Å²) in [6.07, 6.45) is 1.29. The maximum Gasteiger partial charge on any atom is 0.119 e. The van der Waals surface area contributed by atoms with Gasteiger partial charge in [-0.2, -0.15) is 10.2 Å². The monoisotopic (exact) mass is 267 g/mol. The van der Waals surface area contributed by atoms with Crippen molar-refractivity contribution < 1.29 is 4.74 Å². The van der Waals surface area contributed by atoms with E-state index in [0.29, 0.717) is 0 Å². The fraction of sp³-hybridized carbons (Fsp3) is 0.250. The van der Waals surface area contributed by atoms with Crippen LogP contribution in [0.5, 0.6) is 5.75 Å². The van der Waals surface area contributed by atoms with E-state index in [4.69, 9.17) is 4.74 Å². The molecule has 1 heterocycles. The molecule has 0 spiro atoms. The van der Waals surface area contributed by atoms with Gasteiger partial charge in [-0.15, -0.1) is 0 Å². The van der Waals surface area contributed by atoms with Crippen molar-refractivity contribution in [3.63, 3.8) is 0 Å². The van der Waals surface area contributed by atoms with Crippen LogP contribution in [0.4, 0.5) is 17.1 Å². The van der Waals surface area contributed by atoms with E-state index in [1.165, 1.54) is 12.1 Å². The SMILES string of the molecule is COc1ccc(N=Nc2ccc(N3CCC3)cc2)cc1. The lowest BCUT2D eigenvalue weighted by molar-refractivity contribution is 0.415. The first-order valence-corrected chi connectivity index (χ1v) is 6.76. The van der Waals surface area contributed by atoms with Crippen molar-refractivity contribution >= 4 is 17.1 Å². The molecular formula is C16H17N3O. The van der Waals surface area contributed by atoms with Gasteiger partial charge in [-0.25, -0.2) is 0 Å². The molecule has 2 aromatic carbocycles. The Morgan fingerprint density at radius 2 is 1.40 bits per heavy atom. The molecule has 3 rings (SSSR count). The Labute approximate surface area is 118 Å². The van der Waals surface area contributed by atoms with Crippen LogP contribution in [-0.4, -0.2) is 20.2 Å². The van der Waals surface area contributed by atoms with Crippen molar-refractivity contribution in [2.24, 2.45) is 10.2 Å². The van der Waals surface area contributed by atoms with E-state index in [1.807, 2.05) is 36.4 Å². The minimum Gasteiger partial charge on any atom is -0.497 e. The minimum absolute atomic E-state index is 0.817. The van der Waals surface area contributed by atoms with Gasteiger partial charge in [0, 0.05) is 18.8 Å². The maximum atomic E-state index is 5.11. The van der Waals surface area contributed by atoms with Crippen LogP contribution in [0.1, 0.15) is 6.42 Å². The Balaban J connectivity index is 1.67. The van der Waals surface area contributed by atoms with Crippen molar-refractivity contribution in [3.8, 4) is 5.75 Å². The van der Waals surface area contributed by atoms with Gasteiger partial charge in [0.15, 0.2) is 0 Å². The third-order valence-electron chi connectivity index (χ3n) is 3.42. The van der Waals surface area contributed by atoms with Crippen molar-refractivity contribution in [3.05, 3.63) is 48.5 Å². The molecule has 0 aliphatic carbocycles. The standard InChI is InChI=1S/C16H17N3O/c1-20-16-9-5-14(6-10-16)18-17-13-3-7-15(8-4-13)19-11-2-12-19/h3-10H,2,11-12H2,1H3. The van der Waals surface area contributed by atoms with Crippen LogP contribution in [-0.2, 0) is 0 Å². The Bertz CT molecular complexity index is 586. The van der Waals surface area contributed by atoms with Crippen molar-refractivity contribution in [1.29, 1.82) is 0 Å². The summed E-state index contributed by atoms with van der Waals surface area (Å²) in [5.74, 6) is 0.822. The van der Waals surface area contributed by atoms with E-state index < -0.39 is 0 Å². The number of anilines is 1. The van der Waals surface area contributed by atoms with Crippen molar-refractivity contribution in [2.45, 2.75) is 6.42 Å². The molecule has 102 valence electrons. The van der Waals surface area contributed by atoms with E-state index in [-0.39, 0.29) is 0 Å². The molecule has 1 aliphatic heterocycles. The number of ether oxygens (including phenoxy) is 1. The Morgan fingerprint density at radius 1 is 0.850 bits per heavy atom. The molecule has 0 radical (unpaired) electrons. The largest absolute Gasteiger partial charge is 0.497 e. The lowest BCUT2D eigenvalue weighted by atomic mass is 10.2.